The summed E-state index contributed by atoms with van der Waals surface area (Å²) in [5.74, 6) is -3.42. The first-order chi connectivity index (χ1) is 6.77. The molecule has 0 saturated carbocycles. The number of carbonyl (C=O) groups is 2. The Kier molecular flexibility index (Phi) is 5.15. The van der Waals surface area contributed by atoms with E-state index >= 15 is 0 Å². The standard InChI is InChI=1S/C7H12O8/c8-2(4(10)6(12)13)1-3(9)5(11)7(14)15/h2-5,8-11H,1H2,(H,12,13)(H,14,15). The van der Waals surface area contributed by atoms with Crippen LogP contribution in [-0.4, -0.2) is 67.0 Å². The molecule has 0 aromatic carbocycles. The van der Waals surface area contributed by atoms with E-state index < -0.39 is 42.8 Å². The van der Waals surface area contributed by atoms with Gasteiger partial charge in [0.05, 0.1) is 12.2 Å². The van der Waals surface area contributed by atoms with Crippen LogP contribution in [0.25, 0.3) is 0 Å². The third kappa shape index (κ3) is 4.21. The van der Waals surface area contributed by atoms with Crippen molar-refractivity contribution in [1.82, 2.24) is 0 Å². The summed E-state index contributed by atoms with van der Waals surface area (Å²) < 4.78 is 0. The number of carboxylic acids is 2. The molecule has 8 nitrogen and oxygen atoms in total. The van der Waals surface area contributed by atoms with Crippen LogP contribution in [0, 0.1) is 0 Å². The highest BCUT2D eigenvalue weighted by molar-refractivity contribution is 5.73. The maximum atomic E-state index is 10.2. The average Bonchev–Trinajstić information content (AvgIpc) is 2.14. The third-order valence-corrected chi connectivity index (χ3v) is 1.72. The summed E-state index contributed by atoms with van der Waals surface area (Å²) in [6.45, 7) is 0. The van der Waals surface area contributed by atoms with E-state index in [0.29, 0.717) is 0 Å². The zero-order valence-corrected chi connectivity index (χ0v) is 7.52. The van der Waals surface area contributed by atoms with Crippen molar-refractivity contribution in [3.63, 3.8) is 0 Å². The van der Waals surface area contributed by atoms with Gasteiger partial charge < -0.3 is 30.6 Å². The number of aliphatic hydroxyl groups excluding tert-OH is 4. The van der Waals surface area contributed by atoms with Crippen molar-refractivity contribution in [3.05, 3.63) is 0 Å². The number of carboxylic acid groups (broad SMARTS) is 2. The SMILES string of the molecule is O=C(O)C(O)C(O)CC(O)C(O)C(=O)O. The molecule has 0 saturated heterocycles. The molecule has 0 heterocycles. The third-order valence-electron chi connectivity index (χ3n) is 1.72. The summed E-state index contributed by atoms with van der Waals surface area (Å²) in [5, 5.41) is 52.0. The average molecular weight is 224 g/mol. The smallest absolute Gasteiger partial charge is 0.335 e. The van der Waals surface area contributed by atoms with Gasteiger partial charge in [-0.1, -0.05) is 0 Å². The molecule has 8 heteroatoms. The van der Waals surface area contributed by atoms with Crippen molar-refractivity contribution in [2.45, 2.75) is 30.8 Å². The van der Waals surface area contributed by atoms with Gasteiger partial charge in [-0.15, -0.1) is 0 Å². The Balaban J connectivity index is 4.23. The van der Waals surface area contributed by atoms with E-state index in [1.807, 2.05) is 0 Å². The monoisotopic (exact) mass is 224 g/mol. The summed E-state index contributed by atoms with van der Waals surface area (Å²) in [6.07, 6.45) is -8.75. The van der Waals surface area contributed by atoms with Crippen molar-refractivity contribution in [3.8, 4) is 0 Å². The fourth-order valence-corrected chi connectivity index (χ4v) is 0.834. The van der Waals surface area contributed by atoms with E-state index in [0.717, 1.165) is 0 Å². The lowest BCUT2D eigenvalue weighted by molar-refractivity contribution is -0.158. The predicted octanol–water partition coefficient (Wildman–Crippen LogP) is -3.01. The second kappa shape index (κ2) is 5.61. The molecule has 0 aromatic rings. The largest absolute Gasteiger partial charge is 0.479 e. The van der Waals surface area contributed by atoms with Crippen LogP contribution >= 0.6 is 0 Å². The molecule has 0 spiro atoms. The van der Waals surface area contributed by atoms with Crippen molar-refractivity contribution in [1.29, 1.82) is 0 Å². The zero-order valence-electron chi connectivity index (χ0n) is 7.52. The molecule has 0 amide bonds. The first-order valence-electron chi connectivity index (χ1n) is 3.95. The Morgan fingerprint density at radius 3 is 1.27 bits per heavy atom. The second-order valence-electron chi connectivity index (χ2n) is 2.94. The summed E-state index contributed by atoms with van der Waals surface area (Å²) >= 11 is 0. The van der Waals surface area contributed by atoms with Gasteiger partial charge >= 0.3 is 11.9 Å². The van der Waals surface area contributed by atoms with Crippen molar-refractivity contribution < 1.29 is 40.2 Å². The summed E-state index contributed by atoms with van der Waals surface area (Å²) in [6, 6.07) is 0. The van der Waals surface area contributed by atoms with E-state index in [4.69, 9.17) is 30.6 Å². The lowest BCUT2D eigenvalue weighted by Crippen LogP contribution is -2.41. The predicted molar refractivity (Wildman–Crippen MR) is 43.9 cm³/mol. The molecule has 0 rings (SSSR count). The van der Waals surface area contributed by atoms with Gasteiger partial charge in [0.1, 0.15) is 0 Å². The minimum Gasteiger partial charge on any atom is -0.479 e. The Morgan fingerprint density at radius 2 is 1.07 bits per heavy atom. The van der Waals surface area contributed by atoms with Gasteiger partial charge in [0.25, 0.3) is 0 Å². The molecule has 0 bridgehead atoms. The van der Waals surface area contributed by atoms with E-state index in [1.165, 1.54) is 0 Å². The molecule has 15 heavy (non-hydrogen) atoms. The molecule has 88 valence electrons. The maximum Gasteiger partial charge on any atom is 0.335 e. The fraction of sp³-hybridized carbons (Fsp3) is 0.714. The van der Waals surface area contributed by atoms with Crippen LogP contribution in [0.5, 0.6) is 0 Å². The summed E-state index contributed by atoms with van der Waals surface area (Å²) in [7, 11) is 0. The van der Waals surface area contributed by atoms with Crippen LogP contribution < -0.4 is 0 Å². The van der Waals surface area contributed by atoms with E-state index in [1.54, 1.807) is 0 Å². The minimum atomic E-state index is -2.14. The molecular formula is C7H12O8. The van der Waals surface area contributed by atoms with Crippen LogP contribution in [0.4, 0.5) is 0 Å². The molecule has 0 aliphatic rings. The van der Waals surface area contributed by atoms with Crippen LogP contribution in [0.1, 0.15) is 6.42 Å². The lowest BCUT2D eigenvalue weighted by atomic mass is 10.0. The van der Waals surface area contributed by atoms with Crippen LogP contribution in [-0.2, 0) is 9.59 Å². The van der Waals surface area contributed by atoms with Crippen molar-refractivity contribution >= 4 is 11.9 Å². The summed E-state index contributed by atoms with van der Waals surface area (Å²) in [5.41, 5.74) is 0. The van der Waals surface area contributed by atoms with Crippen LogP contribution in [0.15, 0.2) is 0 Å². The highest BCUT2D eigenvalue weighted by Crippen LogP contribution is 2.07. The molecule has 4 unspecified atom stereocenters. The van der Waals surface area contributed by atoms with Gasteiger partial charge in [0, 0.05) is 6.42 Å². The van der Waals surface area contributed by atoms with E-state index in [9.17, 15) is 9.59 Å². The van der Waals surface area contributed by atoms with Crippen LogP contribution in [0.3, 0.4) is 0 Å². The lowest BCUT2D eigenvalue weighted by Gasteiger charge is -2.19. The number of aliphatic hydroxyl groups is 4. The molecule has 0 aliphatic heterocycles. The zero-order chi connectivity index (χ0) is 12.2. The molecule has 0 aromatic heterocycles. The van der Waals surface area contributed by atoms with Crippen LogP contribution in [0.2, 0.25) is 0 Å². The van der Waals surface area contributed by atoms with E-state index in [2.05, 4.69) is 0 Å². The Hall–Kier alpha value is -1.22. The maximum absolute atomic E-state index is 10.2. The normalized spacial score (nSPS) is 18.9. The number of hydrogen-bond donors (Lipinski definition) is 6. The highest BCUT2D eigenvalue weighted by atomic mass is 16.4. The summed E-state index contributed by atoms with van der Waals surface area (Å²) in [4.78, 5) is 20.3. The Morgan fingerprint density at radius 1 is 0.800 bits per heavy atom. The Labute approximate surface area is 84.0 Å². The minimum absolute atomic E-state index is 0.763. The number of aliphatic carboxylic acids is 2. The van der Waals surface area contributed by atoms with Gasteiger partial charge in [-0.3, -0.25) is 0 Å². The molecule has 0 aliphatic carbocycles. The highest BCUT2D eigenvalue weighted by Gasteiger charge is 2.31. The molecule has 0 fully saturated rings. The quantitative estimate of drug-likeness (QED) is 0.278. The van der Waals surface area contributed by atoms with Crippen molar-refractivity contribution in [2.75, 3.05) is 0 Å². The fourth-order valence-electron chi connectivity index (χ4n) is 0.834. The number of hydrogen-bond acceptors (Lipinski definition) is 6. The first kappa shape index (κ1) is 13.8. The molecule has 6 N–H and O–H groups in total. The Bertz CT molecular complexity index is 215. The molecular weight excluding hydrogens is 212 g/mol. The van der Waals surface area contributed by atoms with Gasteiger partial charge in [-0.05, 0) is 0 Å². The second-order valence-corrected chi connectivity index (χ2v) is 2.94. The first-order valence-corrected chi connectivity index (χ1v) is 3.95. The topological polar surface area (TPSA) is 156 Å². The van der Waals surface area contributed by atoms with Gasteiger partial charge in [-0.2, -0.15) is 0 Å². The van der Waals surface area contributed by atoms with Gasteiger partial charge in [0.15, 0.2) is 12.2 Å². The molecule has 4 atom stereocenters. The number of rotatable bonds is 6. The molecule has 0 radical (unpaired) electrons. The van der Waals surface area contributed by atoms with Gasteiger partial charge in [0.2, 0.25) is 0 Å². The van der Waals surface area contributed by atoms with Crippen molar-refractivity contribution in [2.24, 2.45) is 0 Å². The van der Waals surface area contributed by atoms with E-state index in [-0.39, 0.29) is 0 Å². The van der Waals surface area contributed by atoms with Gasteiger partial charge in [-0.25, -0.2) is 9.59 Å².